The third-order valence-corrected chi connectivity index (χ3v) is 9.66. The summed E-state index contributed by atoms with van der Waals surface area (Å²) in [6.07, 6.45) is 1.10. The van der Waals surface area contributed by atoms with Crippen molar-refractivity contribution in [2.45, 2.75) is 25.9 Å². The van der Waals surface area contributed by atoms with E-state index in [1.807, 2.05) is 83.8 Å². The molecule has 0 radical (unpaired) electrons. The minimum atomic E-state index is -0.0158. The second kappa shape index (κ2) is 12.0. The van der Waals surface area contributed by atoms with Gasteiger partial charge in [0.1, 0.15) is 17.3 Å². The van der Waals surface area contributed by atoms with E-state index in [4.69, 9.17) is 14.7 Å². The molecule has 4 aromatic carbocycles. The first-order valence-electron chi connectivity index (χ1n) is 16.2. The zero-order chi connectivity index (χ0) is 31.5. The number of aromatic nitrogens is 3. The highest BCUT2D eigenvalue weighted by molar-refractivity contribution is 6.04. The molecular weight excluding hydrogens is 624 g/mol. The molecule has 1 amide bonds. The molecule has 0 atom stereocenters. The van der Waals surface area contributed by atoms with Crippen LogP contribution in [0.2, 0.25) is 0 Å². The average molecular weight is 657 g/mol. The van der Waals surface area contributed by atoms with Crippen LogP contribution in [0.15, 0.2) is 107 Å². The summed E-state index contributed by atoms with van der Waals surface area (Å²) in [5.41, 5.74) is 5.64. The minimum Gasteiger partial charge on any atom is -0.454 e. The van der Waals surface area contributed by atoms with Gasteiger partial charge in [-0.15, -0.1) is 12.4 Å². The highest BCUT2D eigenvalue weighted by atomic mass is 35.5. The number of nitrogens with zero attached hydrogens (tertiary/aromatic N) is 6. The maximum absolute atomic E-state index is 13.7. The fraction of sp³-hybridized carbons (Fsp3) is 0.211. The number of hydrogen-bond acceptors (Lipinski definition) is 6. The number of piperazine rings is 1. The summed E-state index contributed by atoms with van der Waals surface area (Å²) in [7, 11) is 0. The smallest absolute Gasteiger partial charge is 0.261 e. The first-order chi connectivity index (χ1) is 23.1. The van der Waals surface area contributed by atoms with Crippen LogP contribution >= 0.6 is 12.4 Å². The second-order valence-corrected chi connectivity index (χ2v) is 12.3. The molecule has 2 aromatic heterocycles. The lowest BCUT2D eigenvalue weighted by atomic mass is 10.0. The predicted molar refractivity (Wildman–Crippen MR) is 190 cm³/mol. The molecule has 1 saturated heterocycles. The number of aryl methyl sites for hydroxylation is 2. The molecule has 1 fully saturated rings. The Bertz CT molecular complexity index is 2320. The van der Waals surface area contributed by atoms with Crippen LogP contribution in [0, 0.1) is 0 Å². The van der Waals surface area contributed by atoms with E-state index in [0.29, 0.717) is 62.4 Å². The minimum absolute atomic E-state index is 0. The maximum Gasteiger partial charge on any atom is 0.261 e. The van der Waals surface area contributed by atoms with Gasteiger partial charge in [-0.1, -0.05) is 54.6 Å². The Balaban J connectivity index is 0.00000336. The molecule has 48 heavy (non-hydrogen) atoms. The van der Waals surface area contributed by atoms with Crippen molar-refractivity contribution in [3.8, 4) is 23.0 Å². The molecule has 9 rings (SSSR count). The molecule has 10 heteroatoms. The summed E-state index contributed by atoms with van der Waals surface area (Å²) in [5, 5.41) is 1.79. The van der Waals surface area contributed by atoms with E-state index in [2.05, 4.69) is 27.7 Å². The van der Waals surface area contributed by atoms with Gasteiger partial charge in [-0.3, -0.25) is 14.2 Å². The van der Waals surface area contributed by atoms with E-state index in [1.165, 1.54) is 5.56 Å². The quantitative estimate of drug-likeness (QED) is 0.220. The summed E-state index contributed by atoms with van der Waals surface area (Å²) in [6.45, 7) is 3.67. The molecule has 240 valence electrons. The number of amidine groups is 1. The Morgan fingerprint density at radius 1 is 0.771 bits per heavy atom. The van der Waals surface area contributed by atoms with Crippen molar-refractivity contribution in [1.82, 2.24) is 23.9 Å². The molecule has 0 bridgehead atoms. The van der Waals surface area contributed by atoms with Crippen molar-refractivity contribution >= 4 is 51.6 Å². The Hall–Kier alpha value is -5.41. The topological polar surface area (TPSA) is 85.0 Å². The summed E-state index contributed by atoms with van der Waals surface area (Å²) in [4.78, 5) is 41.5. The molecule has 5 heterocycles. The van der Waals surface area contributed by atoms with Crippen LogP contribution in [0.5, 0.6) is 11.5 Å². The fourth-order valence-corrected chi connectivity index (χ4v) is 7.34. The van der Waals surface area contributed by atoms with Crippen molar-refractivity contribution in [3.05, 3.63) is 119 Å². The van der Waals surface area contributed by atoms with E-state index < -0.39 is 0 Å². The van der Waals surface area contributed by atoms with Gasteiger partial charge in [0.25, 0.3) is 5.56 Å². The number of rotatable bonds is 3. The lowest BCUT2D eigenvalue weighted by molar-refractivity contribution is -0.132. The number of aliphatic imine (C=N–C) groups is 1. The Labute approximate surface area is 283 Å². The number of amides is 1. The molecule has 0 saturated carbocycles. The van der Waals surface area contributed by atoms with Crippen LogP contribution < -0.4 is 10.3 Å². The van der Waals surface area contributed by atoms with Gasteiger partial charge in [-0.05, 0) is 54.4 Å². The fourth-order valence-electron chi connectivity index (χ4n) is 7.34. The van der Waals surface area contributed by atoms with Gasteiger partial charge >= 0.3 is 0 Å². The van der Waals surface area contributed by atoms with Crippen LogP contribution in [-0.4, -0.2) is 61.8 Å². The Morgan fingerprint density at radius 3 is 2.33 bits per heavy atom. The standard InChI is InChI=1S/C38H32N6O3.ClH/c45-34(41-21-23-42(24-22-41)36-28-11-3-7-15-32(28)47-33-16-8-5-13-30(33)40-36)18-20-43-31-14-6-2-9-25(31)26-17-19-44-37(35(26)43)39-29-12-4-1-10-27(29)38(44)46;/h1-16H,17-24H2;1H. The second-order valence-electron chi connectivity index (χ2n) is 12.3. The van der Waals surface area contributed by atoms with E-state index in [1.54, 1.807) is 4.57 Å². The van der Waals surface area contributed by atoms with Crippen LogP contribution in [0.25, 0.3) is 33.3 Å². The van der Waals surface area contributed by atoms with Crippen LogP contribution in [0.3, 0.4) is 0 Å². The highest BCUT2D eigenvalue weighted by Crippen LogP contribution is 2.39. The van der Waals surface area contributed by atoms with E-state index in [-0.39, 0.29) is 23.9 Å². The summed E-state index contributed by atoms with van der Waals surface area (Å²) in [5.74, 6) is 3.19. The van der Waals surface area contributed by atoms with Crippen LogP contribution in [0.4, 0.5) is 5.69 Å². The summed E-state index contributed by atoms with van der Waals surface area (Å²) >= 11 is 0. The number of halogens is 1. The lowest BCUT2D eigenvalue weighted by Crippen LogP contribution is -2.50. The van der Waals surface area contributed by atoms with Crippen molar-refractivity contribution in [2.24, 2.45) is 4.99 Å². The SMILES string of the molecule is Cl.O=C(CCn1c2c(c3ccccc31)CCn1c-2nc2ccccc2c1=O)N1CCN(C2=Nc3ccccc3Oc3ccccc32)CC1. The first-order valence-corrected chi connectivity index (χ1v) is 16.2. The molecule has 0 N–H and O–H groups in total. The van der Waals surface area contributed by atoms with Gasteiger partial charge in [0.15, 0.2) is 11.6 Å². The van der Waals surface area contributed by atoms with E-state index in [9.17, 15) is 9.59 Å². The molecular formula is C38H33ClN6O3. The van der Waals surface area contributed by atoms with Gasteiger partial charge in [-0.25, -0.2) is 9.98 Å². The number of carbonyl (C=O) groups is 1. The number of carbonyl (C=O) groups excluding carboxylic acids is 1. The predicted octanol–water partition coefficient (Wildman–Crippen LogP) is 6.41. The zero-order valence-corrected chi connectivity index (χ0v) is 27.0. The number of benzene rings is 4. The third kappa shape index (κ3) is 4.85. The van der Waals surface area contributed by atoms with Gasteiger partial charge in [0.05, 0.1) is 22.2 Å². The average Bonchev–Trinajstić information content (AvgIpc) is 3.34. The van der Waals surface area contributed by atoms with Crippen molar-refractivity contribution in [2.75, 3.05) is 26.2 Å². The van der Waals surface area contributed by atoms with E-state index in [0.717, 1.165) is 51.6 Å². The van der Waals surface area contributed by atoms with Gasteiger partial charge in [0, 0.05) is 56.6 Å². The molecule has 3 aliphatic heterocycles. The van der Waals surface area contributed by atoms with Crippen LogP contribution in [0.1, 0.15) is 17.5 Å². The summed E-state index contributed by atoms with van der Waals surface area (Å²) in [6, 6.07) is 31.7. The molecule has 9 nitrogen and oxygen atoms in total. The van der Waals surface area contributed by atoms with Gasteiger partial charge in [-0.2, -0.15) is 0 Å². The lowest BCUT2D eigenvalue weighted by Gasteiger charge is -2.36. The normalized spacial score (nSPS) is 15.0. The summed E-state index contributed by atoms with van der Waals surface area (Å²) < 4.78 is 10.3. The van der Waals surface area contributed by atoms with Gasteiger partial charge in [0.2, 0.25) is 5.91 Å². The highest BCUT2D eigenvalue weighted by Gasteiger charge is 2.30. The molecule has 0 spiro atoms. The monoisotopic (exact) mass is 656 g/mol. The molecule has 0 aliphatic carbocycles. The Morgan fingerprint density at radius 2 is 1.48 bits per heavy atom. The first kappa shape index (κ1) is 30.0. The Kier molecular flexibility index (Phi) is 7.48. The van der Waals surface area contributed by atoms with Crippen molar-refractivity contribution in [3.63, 3.8) is 0 Å². The van der Waals surface area contributed by atoms with Crippen molar-refractivity contribution in [1.29, 1.82) is 0 Å². The maximum atomic E-state index is 13.7. The van der Waals surface area contributed by atoms with Crippen LogP contribution in [-0.2, 0) is 24.3 Å². The number of hydrogen-bond donors (Lipinski definition) is 0. The number of fused-ring (bicyclic) bond motifs is 8. The van der Waals surface area contributed by atoms with Gasteiger partial charge < -0.3 is 19.1 Å². The molecule has 0 unspecified atom stereocenters. The third-order valence-electron chi connectivity index (χ3n) is 9.66. The van der Waals surface area contributed by atoms with Crippen molar-refractivity contribution < 1.29 is 9.53 Å². The zero-order valence-electron chi connectivity index (χ0n) is 26.2. The number of ether oxygens (including phenoxy) is 1. The van der Waals surface area contributed by atoms with E-state index >= 15 is 0 Å². The molecule has 3 aliphatic rings. The number of para-hydroxylation sites is 5. The molecule has 6 aromatic rings. The largest absolute Gasteiger partial charge is 0.454 e.